The van der Waals surface area contributed by atoms with Crippen LogP contribution in [0, 0.1) is 0 Å². The molecule has 118 valence electrons. The van der Waals surface area contributed by atoms with Crippen LogP contribution in [0.5, 0.6) is 0 Å². The molecule has 4 rings (SSSR count). The van der Waals surface area contributed by atoms with Gasteiger partial charge in [0.2, 0.25) is 0 Å². The van der Waals surface area contributed by atoms with Crippen molar-refractivity contribution in [2.75, 3.05) is 32.8 Å². The molecule has 22 heavy (non-hydrogen) atoms. The van der Waals surface area contributed by atoms with Crippen LogP contribution in [0.4, 0.5) is 0 Å². The van der Waals surface area contributed by atoms with E-state index >= 15 is 0 Å². The molecule has 3 heterocycles. The SMILES string of the molecule is CC1Cc2cc(C3CN4CCNCC4CO3)ccc2C(=O)O1. The van der Waals surface area contributed by atoms with Gasteiger partial charge >= 0.3 is 5.97 Å². The van der Waals surface area contributed by atoms with E-state index in [0.717, 1.165) is 44.8 Å². The molecule has 3 atom stereocenters. The standard InChI is InChI=1S/C17H22N2O3/c1-11-6-13-7-12(2-3-15(13)17(20)22-11)16-9-19-5-4-18-8-14(19)10-21-16/h2-3,7,11,14,16,18H,4-6,8-10H2,1H3. The Hall–Kier alpha value is -1.43. The summed E-state index contributed by atoms with van der Waals surface area (Å²) in [6.45, 7) is 6.80. The van der Waals surface area contributed by atoms with Gasteiger partial charge in [0.1, 0.15) is 6.10 Å². The number of rotatable bonds is 1. The van der Waals surface area contributed by atoms with Crippen LogP contribution in [0.15, 0.2) is 18.2 Å². The number of piperazine rings is 1. The number of nitrogens with one attached hydrogen (secondary N) is 1. The second-order valence-corrected chi connectivity index (χ2v) is 6.51. The Bertz CT molecular complexity index is 589. The topological polar surface area (TPSA) is 50.8 Å². The third-order valence-electron chi connectivity index (χ3n) is 4.90. The predicted octanol–water partition coefficient (Wildman–Crippen LogP) is 1.13. The number of esters is 1. The summed E-state index contributed by atoms with van der Waals surface area (Å²) in [5.41, 5.74) is 2.97. The van der Waals surface area contributed by atoms with Crippen LogP contribution in [0.2, 0.25) is 0 Å². The zero-order valence-electron chi connectivity index (χ0n) is 12.9. The Morgan fingerprint density at radius 2 is 2.27 bits per heavy atom. The first kappa shape index (κ1) is 14.2. The van der Waals surface area contributed by atoms with Gasteiger partial charge in [-0.15, -0.1) is 0 Å². The minimum absolute atomic E-state index is 0.0416. The van der Waals surface area contributed by atoms with Gasteiger partial charge in [0.15, 0.2) is 0 Å². The Kier molecular flexibility index (Phi) is 3.64. The first-order valence-corrected chi connectivity index (χ1v) is 8.11. The van der Waals surface area contributed by atoms with Crippen molar-refractivity contribution in [3.8, 4) is 0 Å². The summed E-state index contributed by atoms with van der Waals surface area (Å²) in [6.07, 6.45) is 0.853. The fourth-order valence-electron chi connectivity index (χ4n) is 3.68. The molecule has 1 aromatic carbocycles. The molecule has 0 radical (unpaired) electrons. The van der Waals surface area contributed by atoms with E-state index in [-0.39, 0.29) is 18.2 Å². The highest BCUT2D eigenvalue weighted by atomic mass is 16.5. The molecule has 0 aliphatic carbocycles. The number of hydrogen-bond acceptors (Lipinski definition) is 5. The van der Waals surface area contributed by atoms with Crippen LogP contribution in [0.1, 0.15) is 34.5 Å². The summed E-state index contributed by atoms with van der Waals surface area (Å²) in [5.74, 6) is -0.202. The summed E-state index contributed by atoms with van der Waals surface area (Å²) in [5, 5.41) is 3.42. The van der Waals surface area contributed by atoms with Crippen LogP contribution in [0.3, 0.4) is 0 Å². The first-order valence-electron chi connectivity index (χ1n) is 8.11. The minimum atomic E-state index is -0.202. The van der Waals surface area contributed by atoms with Gasteiger partial charge in [0.25, 0.3) is 0 Å². The summed E-state index contributed by atoms with van der Waals surface area (Å²) in [7, 11) is 0. The average Bonchev–Trinajstić information content (AvgIpc) is 2.53. The van der Waals surface area contributed by atoms with Crippen molar-refractivity contribution >= 4 is 5.97 Å². The Morgan fingerprint density at radius 1 is 1.36 bits per heavy atom. The van der Waals surface area contributed by atoms with E-state index in [1.165, 1.54) is 5.56 Å². The minimum Gasteiger partial charge on any atom is -0.459 e. The zero-order chi connectivity index (χ0) is 15.1. The van der Waals surface area contributed by atoms with Crippen molar-refractivity contribution in [1.29, 1.82) is 0 Å². The van der Waals surface area contributed by atoms with Crippen LogP contribution < -0.4 is 5.32 Å². The van der Waals surface area contributed by atoms with Gasteiger partial charge in [-0.1, -0.05) is 12.1 Å². The fourth-order valence-corrected chi connectivity index (χ4v) is 3.68. The normalized spacial score (nSPS) is 32.0. The molecule has 2 saturated heterocycles. The molecule has 5 nitrogen and oxygen atoms in total. The van der Waals surface area contributed by atoms with Gasteiger partial charge in [0, 0.05) is 38.6 Å². The van der Waals surface area contributed by atoms with Gasteiger partial charge < -0.3 is 14.8 Å². The molecule has 0 saturated carbocycles. The van der Waals surface area contributed by atoms with E-state index in [1.54, 1.807) is 0 Å². The molecule has 2 fully saturated rings. The maximum Gasteiger partial charge on any atom is 0.338 e. The molecular formula is C17H22N2O3. The van der Waals surface area contributed by atoms with Gasteiger partial charge in [-0.2, -0.15) is 0 Å². The van der Waals surface area contributed by atoms with Gasteiger partial charge in [-0.3, -0.25) is 4.90 Å². The van der Waals surface area contributed by atoms with Crippen molar-refractivity contribution in [3.63, 3.8) is 0 Å². The summed E-state index contributed by atoms with van der Waals surface area (Å²) >= 11 is 0. The van der Waals surface area contributed by atoms with Crippen molar-refractivity contribution < 1.29 is 14.3 Å². The maximum atomic E-state index is 11.9. The van der Waals surface area contributed by atoms with Gasteiger partial charge in [0.05, 0.1) is 18.3 Å². The number of carbonyl (C=O) groups is 1. The van der Waals surface area contributed by atoms with E-state index in [4.69, 9.17) is 9.47 Å². The zero-order valence-corrected chi connectivity index (χ0v) is 12.9. The lowest BCUT2D eigenvalue weighted by molar-refractivity contribution is -0.0718. The lowest BCUT2D eigenvalue weighted by Crippen LogP contribution is -2.57. The number of fused-ring (bicyclic) bond motifs is 2. The highest BCUT2D eigenvalue weighted by molar-refractivity contribution is 5.92. The molecule has 1 N–H and O–H groups in total. The molecule has 1 aromatic rings. The van der Waals surface area contributed by atoms with Crippen LogP contribution in [-0.2, 0) is 15.9 Å². The molecular weight excluding hydrogens is 280 g/mol. The van der Waals surface area contributed by atoms with Crippen LogP contribution >= 0.6 is 0 Å². The molecule has 3 aliphatic rings. The third kappa shape index (κ3) is 2.53. The van der Waals surface area contributed by atoms with Crippen molar-refractivity contribution in [2.24, 2.45) is 0 Å². The number of carbonyl (C=O) groups excluding carboxylic acids is 1. The van der Waals surface area contributed by atoms with Crippen molar-refractivity contribution in [3.05, 3.63) is 34.9 Å². The molecule has 0 bridgehead atoms. The number of benzene rings is 1. The fraction of sp³-hybridized carbons (Fsp3) is 0.588. The number of ether oxygens (including phenoxy) is 2. The van der Waals surface area contributed by atoms with Gasteiger partial charge in [-0.05, 0) is 24.1 Å². The Labute approximate surface area is 130 Å². The lowest BCUT2D eigenvalue weighted by Gasteiger charge is -2.42. The van der Waals surface area contributed by atoms with Crippen molar-refractivity contribution in [1.82, 2.24) is 10.2 Å². The number of morpholine rings is 1. The van der Waals surface area contributed by atoms with E-state index < -0.39 is 0 Å². The van der Waals surface area contributed by atoms with E-state index in [1.807, 2.05) is 19.1 Å². The largest absolute Gasteiger partial charge is 0.459 e. The van der Waals surface area contributed by atoms with Gasteiger partial charge in [-0.25, -0.2) is 4.79 Å². The summed E-state index contributed by atoms with van der Waals surface area (Å²) < 4.78 is 11.4. The third-order valence-corrected chi connectivity index (χ3v) is 4.90. The first-order chi connectivity index (χ1) is 10.7. The smallest absolute Gasteiger partial charge is 0.338 e. The van der Waals surface area contributed by atoms with Crippen LogP contribution in [0.25, 0.3) is 0 Å². The molecule has 0 spiro atoms. The number of nitrogens with zero attached hydrogens (tertiary/aromatic N) is 1. The molecule has 3 unspecified atom stereocenters. The van der Waals surface area contributed by atoms with E-state index in [9.17, 15) is 4.79 Å². The summed E-state index contributed by atoms with van der Waals surface area (Å²) in [6, 6.07) is 6.55. The highest BCUT2D eigenvalue weighted by Gasteiger charge is 2.32. The molecule has 0 amide bonds. The molecule has 3 aliphatic heterocycles. The quantitative estimate of drug-likeness (QED) is 0.788. The second-order valence-electron chi connectivity index (χ2n) is 6.51. The highest BCUT2D eigenvalue weighted by Crippen LogP contribution is 2.29. The lowest BCUT2D eigenvalue weighted by atomic mass is 9.94. The molecule has 0 aromatic heterocycles. The number of hydrogen-bond donors (Lipinski definition) is 1. The van der Waals surface area contributed by atoms with Crippen molar-refractivity contribution in [2.45, 2.75) is 31.6 Å². The Balaban J connectivity index is 1.56. The maximum absolute atomic E-state index is 11.9. The second kappa shape index (κ2) is 5.65. The predicted molar refractivity (Wildman–Crippen MR) is 81.9 cm³/mol. The van der Waals surface area contributed by atoms with E-state index in [0.29, 0.717) is 11.6 Å². The van der Waals surface area contributed by atoms with Crippen LogP contribution in [-0.4, -0.2) is 55.8 Å². The van der Waals surface area contributed by atoms with E-state index in [2.05, 4.69) is 16.3 Å². The number of cyclic esters (lactones) is 1. The monoisotopic (exact) mass is 302 g/mol. The Morgan fingerprint density at radius 3 is 3.18 bits per heavy atom. The summed E-state index contributed by atoms with van der Waals surface area (Å²) in [4.78, 5) is 14.4. The molecule has 5 heteroatoms. The average molecular weight is 302 g/mol.